The lowest BCUT2D eigenvalue weighted by molar-refractivity contribution is 0.183. The van der Waals surface area contributed by atoms with Crippen LogP contribution >= 0.6 is 24.1 Å². The van der Waals surface area contributed by atoms with Crippen molar-refractivity contribution in [2.75, 3.05) is 78.5 Å². The second-order valence-electron chi connectivity index (χ2n) is 13.2. The van der Waals surface area contributed by atoms with Gasteiger partial charge in [-0.25, -0.2) is 12.9 Å². The van der Waals surface area contributed by atoms with E-state index in [1.165, 1.54) is 86.3 Å². The Morgan fingerprint density at radius 1 is 0.814 bits per heavy atom. The Balaban J connectivity index is 1.25. The first-order valence-corrected chi connectivity index (χ1v) is 18.2. The Morgan fingerprint density at radius 2 is 1.53 bits per heavy atom. The molecule has 5 rings (SSSR count). The van der Waals surface area contributed by atoms with E-state index in [1.807, 2.05) is 24.1 Å². The van der Waals surface area contributed by atoms with Crippen molar-refractivity contribution in [3.8, 4) is 5.75 Å². The van der Waals surface area contributed by atoms with E-state index in [-0.39, 0.29) is 0 Å². The number of hydrogen-bond donors (Lipinski definition) is 0. The van der Waals surface area contributed by atoms with Crippen molar-refractivity contribution in [1.29, 1.82) is 0 Å². The first-order valence-electron chi connectivity index (χ1n) is 16.7. The number of methoxy groups -OCH3 is 1. The highest BCUT2D eigenvalue weighted by Crippen LogP contribution is 2.33. The van der Waals surface area contributed by atoms with Gasteiger partial charge in [0.2, 0.25) is 0 Å². The number of hydrogen-bond acceptors (Lipinski definition) is 8. The first-order chi connectivity index (χ1) is 21.0. The number of anilines is 1. The zero-order valence-corrected chi connectivity index (χ0v) is 28.8. The van der Waals surface area contributed by atoms with Crippen LogP contribution in [0.25, 0.3) is 0 Å². The molecule has 3 aliphatic rings. The lowest BCUT2D eigenvalue weighted by atomic mass is 9.89. The molecule has 0 spiro atoms. The number of rotatable bonds is 8. The summed E-state index contributed by atoms with van der Waals surface area (Å²) in [7, 11) is 6.03. The summed E-state index contributed by atoms with van der Waals surface area (Å²) in [4.78, 5) is 6.34. The van der Waals surface area contributed by atoms with E-state index in [1.54, 1.807) is 7.11 Å². The van der Waals surface area contributed by atoms with Crippen molar-refractivity contribution in [3.63, 3.8) is 0 Å². The van der Waals surface area contributed by atoms with Gasteiger partial charge in [0, 0.05) is 82.6 Å². The summed E-state index contributed by atoms with van der Waals surface area (Å²) in [6.45, 7) is 12.8. The van der Waals surface area contributed by atoms with E-state index < -0.39 is 0 Å². The molecule has 1 atom stereocenters. The number of benzene rings is 2. The number of fused-ring (bicyclic) bond motifs is 1. The molecule has 0 bridgehead atoms. The van der Waals surface area contributed by atoms with Gasteiger partial charge >= 0.3 is 0 Å². The largest absolute Gasteiger partial charge is 0.496 e. The summed E-state index contributed by atoms with van der Waals surface area (Å²) in [5.74, 6) is 2.54. The zero-order valence-electron chi connectivity index (χ0n) is 27.2. The molecule has 1 aliphatic carbocycles. The van der Waals surface area contributed by atoms with Crippen molar-refractivity contribution in [1.82, 2.24) is 17.8 Å². The number of nitrogens with zero attached hydrogens (tertiary/aromatic N) is 5. The van der Waals surface area contributed by atoms with Crippen molar-refractivity contribution in [2.45, 2.75) is 69.7 Å². The van der Waals surface area contributed by atoms with Gasteiger partial charge in [0.25, 0.3) is 0 Å². The van der Waals surface area contributed by atoms with Crippen LogP contribution in [0.2, 0.25) is 0 Å². The van der Waals surface area contributed by atoms with Crippen LogP contribution in [0.15, 0.2) is 47.4 Å². The molecule has 2 fully saturated rings. The van der Waals surface area contributed by atoms with Crippen molar-refractivity contribution < 1.29 is 4.74 Å². The van der Waals surface area contributed by atoms with Gasteiger partial charge in [0.1, 0.15) is 5.75 Å². The predicted molar refractivity (Wildman–Crippen MR) is 186 cm³/mol. The van der Waals surface area contributed by atoms with E-state index >= 15 is 0 Å². The number of ether oxygens (including phenoxy) is 1. The van der Waals surface area contributed by atoms with Gasteiger partial charge in [-0.2, -0.15) is 0 Å². The van der Waals surface area contributed by atoms with Crippen LogP contribution in [0, 0.1) is 11.8 Å². The standard InChI is InChI=1S/C35H55N5OS2/c1-29-25-38(42-33-17-15-32(16-18-33)36(2)3)22-9-20-37(27-30-11-6-5-7-12-30)21-10-23-39(26-29)43-40-24-19-34-31(28-40)13-8-14-35(34)41-4/h8,13-18,29-30H,5-7,9-12,19-28H2,1-4H3. The normalized spacial score (nSPS) is 22.8. The van der Waals surface area contributed by atoms with Gasteiger partial charge in [-0.1, -0.05) is 38.3 Å². The highest BCUT2D eigenvalue weighted by Gasteiger charge is 2.25. The maximum Gasteiger partial charge on any atom is 0.122 e. The van der Waals surface area contributed by atoms with Crippen molar-refractivity contribution >= 4 is 29.8 Å². The molecule has 43 heavy (non-hydrogen) atoms. The third-order valence-corrected chi connectivity index (χ3v) is 11.4. The maximum absolute atomic E-state index is 5.67. The second kappa shape index (κ2) is 16.8. The Kier molecular flexibility index (Phi) is 12.8. The van der Waals surface area contributed by atoms with Crippen LogP contribution < -0.4 is 9.64 Å². The predicted octanol–water partition coefficient (Wildman–Crippen LogP) is 7.31. The maximum atomic E-state index is 5.67. The molecule has 0 aromatic heterocycles. The van der Waals surface area contributed by atoms with E-state index in [0.717, 1.165) is 57.4 Å². The van der Waals surface area contributed by atoms with Crippen LogP contribution in [0.1, 0.15) is 63.0 Å². The van der Waals surface area contributed by atoms with Gasteiger partial charge in [0.15, 0.2) is 0 Å². The minimum absolute atomic E-state index is 0.594. The van der Waals surface area contributed by atoms with Crippen LogP contribution in [0.3, 0.4) is 0 Å². The summed E-state index contributed by atoms with van der Waals surface area (Å²) in [6.07, 6.45) is 10.7. The summed E-state index contributed by atoms with van der Waals surface area (Å²) in [5.41, 5.74) is 4.08. The molecule has 8 heteroatoms. The Morgan fingerprint density at radius 3 is 2.26 bits per heavy atom. The molecule has 2 aromatic rings. The van der Waals surface area contributed by atoms with Crippen LogP contribution in [0.4, 0.5) is 5.69 Å². The Labute approximate surface area is 270 Å². The highest BCUT2D eigenvalue weighted by atomic mass is 32.2. The van der Waals surface area contributed by atoms with E-state index in [0.29, 0.717) is 5.92 Å². The molecule has 0 radical (unpaired) electrons. The smallest absolute Gasteiger partial charge is 0.122 e. The zero-order chi connectivity index (χ0) is 30.0. The van der Waals surface area contributed by atoms with Crippen molar-refractivity contribution in [3.05, 3.63) is 53.6 Å². The summed E-state index contributed by atoms with van der Waals surface area (Å²) < 4.78 is 13.6. The van der Waals surface area contributed by atoms with Gasteiger partial charge in [-0.3, -0.25) is 0 Å². The molecular formula is C35H55N5OS2. The summed E-state index contributed by atoms with van der Waals surface area (Å²) in [5, 5.41) is 0. The molecule has 1 saturated heterocycles. The minimum atomic E-state index is 0.594. The lowest BCUT2D eigenvalue weighted by Crippen LogP contribution is -2.39. The van der Waals surface area contributed by atoms with E-state index in [9.17, 15) is 0 Å². The van der Waals surface area contributed by atoms with E-state index in [2.05, 4.69) is 86.2 Å². The molecule has 1 unspecified atom stereocenters. The van der Waals surface area contributed by atoms with Gasteiger partial charge in [-0.05, 0) is 110 Å². The Bertz CT molecular complexity index is 1110. The van der Waals surface area contributed by atoms with Gasteiger partial charge < -0.3 is 14.5 Å². The third kappa shape index (κ3) is 10.0. The fraction of sp³-hybridized carbons (Fsp3) is 0.657. The van der Waals surface area contributed by atoms with Gasteiger partial charge in [-0.15, -0.1) is 0 Å². The third-order valence-electron chi connectivity index (χ3n) is 9.26. The van der Waals surface area contributed by atoms with Crippen LogP contribution in [-0.4, -0.2) is 91.4 Å². The SMILES string of the molecule is COc1cccc2c1CCN(SN1CCCN(CC3CCCCC3)CCCN(Sc3ccc(N(C)C)cc3)CC(C)C1)C2. The molecule has 238 valence electrons. The Hall–Kier alpha value is -1.42. The van der Waals surface area contributed by atoms with Crippen molar-refractivity contribution in [2.24, 2.45) is 11.8 Å². The summed E-state index contributed by atoms with van der Waals surface area (Å²) in [6, 6.07) is 15.6. The molecule has 1 saturated carbocycles. The van der Waals surface area contributed by atoms with Crippen LogP contribution in [-0.2, 0) is 13.0 Å². The molecule has 2 heterocycles. The molecule has 2 aliphatic heterocycles. The summed E-state index contributed by atoms with van der Waals surface area (Å²) >= 11 is 3.95. The first kappa shape index (κ1) is 33.0. The molecule has 6 nitrogen and oxygen atoms in total. The monoisotopic (exact) mass is 625 g/mol. The topological polar surface area (TPSA) is 25.4 Å². The van der Waals surface area contributed by atoms with E-state index in [4.69, 9.17) is 4.74 Å². The highest BCUT2D eigenvalue weighted by molar-refractivity contribution is 7.97. The fourth-order valence-electron chi connectivity index (χ4n) is 6.99. The fourth-order valence-corrected chi connectivity index (χ4v) is 9.32. The molecular weight excluding hydrogens is 571 g/mol. The molecule has 0 amide bonds. The molecule has 0 N–H and O–H groups in total. The van der Waals surface area contributed by atoms with Crippen LogP contribution in [0.5, 0.6) is 5.75 Å². The minimum Gasteiger partial charge on any atom is -0.496 e. The quantitative estimate of drug-likeness (QED) is 0.282. The average Bonchev–Trinajstić information content (AvgIpc) is 3.00. The molecule has 2 aromatic carbocycles. The average molecular weight is 626 g/mol. The lowest BCUT2D eigenvalue weighted by Gasteiger charge is -2.36. The van der Waals surface area contributed by atoms with Gasteiger partial charge in [0.05, 0.1) is 7.11 Å². The second-order valence-corrected chi connectivity index (χ2v) is 15.5.